The molecule has 2 aromatic carbocycles. The number of rotatable bonds is 4. The van der Waals surface area contributed by atoms with Crippen LogP contribution in [0, 0.1) is 10.1 Å². The quantitative estimate of drug-likeness (QED) is 0.470. The Morgan fingerprint density at radius 1 is 1.20 bits per heavy atom. The summed E-state index contributed by atoms with van der Waals surface area (Å²) in [6, 6.07) is 11.7. The molecule has 0 unspecified atom stereocenters. The monoisotopic (exact) mass is 307 g/mol. The molecule has 4 nitrogen and oxygen atoms in total. The summed E-state index contributed by atoms with van der Waals surface area (Å²) >= 11 is 7.11. The predicted octanol–water partition coefficient (Wildman–Crippen LogP) is 4.60. The third-order valence-corrected chi connectivity index (χ3v) is 3.91. The van der Waals surface area contributed by atoms with Gasteiger partial charge in [-0.15, -0.1) is 0 Å². The van der Waals surface area contributed by atoms with E-state index in [-0.39, 0.29) is 17.0 Å². The first-order valence-corrected chi connectivity index (χ1v) is 6.90. The molecule has 0 heterocycles. The Balaban J connectivity index is 2.46. The number of hydrogen-bond donors (Lipinski definition) is 0. The largest absolute Gasteiger partial charge is 0.294 e. The number of hydrogen-bond acceptors (Lipinski definition) is 4. The number of nitrogens with zero attached hydrogens (tertiary/aromatic N) is 1. The van der Waals surface area contributed by atoms with E-state index in [9.17, 15) is 14.9 Å². The molecular weight excluding hydrogens is 298 g/mol. The van der Waals surface area contributed by atoms with Crippen LogP contribution >= 0.6 is 23.4 Å². The first-order valence-electron chi connectivity index (χ1n) is 5.71. The zero-order valence-electron chi connectivity index (χ0n) is 10.5. The van der Waals surface area contributed by atoms with Crippen molar-refractivity contribution < 1.29 is 9.72 Å². The Labute approximate surface area is 124 Å². The van der Waals surface area contributed by atoms with Crippen molar-refractivity contribution in [2.75, 3.05) is 0 Å². The van der Waals surface area contributed by atoms with Gasteiger partial charge < -0.3 is 0 Å². The standard InChI is InChI=1S/C14H10ClNO3S/c1-9(17)14-12(16(18)19)3-2-4-13(14)20-11-7-5-10(15)6-8-11/h2-8H,1H3. The van der Waals surface area contributed by atoms with Crippen molar-refractivity contribution in [1.29, 1.82) is 0 Å². The fourth-order valence-electron chi connectivity index (χ4n) is 1.74. The second kappa shape index (κ2) is 6.07. The molecule has 0 saturated heterocycles. The zero-order valence-corrected chi connectivity index (χ0v) is 12.1. The van der Waals surface area contributed by atoms with Crippen LogP contribution in [0.2, 0.25) is 5.02 Å². The van der Waals surface area contributed by atoms with Gasteiger partial charge in [-0.25, -0.2) is 0 Å². The van der Waals surface area contributed by atoms with Crippen LogP contribution in [-0.2, 0) is 0 Å². The Morgan fingerprint density at radius 2 is 1.85 bits per heavy atom. The van der Waals surface area contributed by atoms with Crippen LogP contribution in [0.4, 0.5) is 5.69 Å². The van der Waals surface area contributed by atoms with Gasteiger partial charge >= 0.3 is 0 Å². The number of nitro benzene ring substituents is 1. The molecule has 0 fully saturated rings. The molecule has 6 heteroatoms. The summed E-state index contributed by atoms with van der Waals surface area (Å²) in [5.74, 6) is -0.325. The van der Waals surface area contributed by atoms with Crippen LogP contribution in [-0.4, -0.2) is 10.7 Å². The first kappa shape index (κ1) is 14.6. The number of carbonyl (C=O) groups is 1. The van der Waals surface area contributed by atoms with E-state index >= 15 is 0 Å². The van der Waals surface area contributed by atoms with Gasteiger partial charge in [-0.05, 0) is 37.3 Å². The number of benzene rings is 2. The number of halogens is 1. The summed E-state index contributed by atoms with van der Waals surface area (Å²) in [6.45, 7) is 1.33. The Bertz CT molecular complexity index is 671. The van der Waals surface area contributed by atoms with Gasteiger partial charge in [0.05, 0.1) is 4.92 Å². The molecule has 0 N–H and O–H groups in total. The topological polar surface area (TPSA) is 60.2 Å². The molecule has 0 saturated carbocycles. The molecular formula is C14H10ClNO3S. The number of ketones is 1. The molecule has 0 atom stereocenters. The highest BCUT2D eigenvalue weighted by Crippen LogP contribution is 2.35. The molecule has 20 heavy (non-hydrogen) atoms. The minimum absolute atomic E-state index is 0.137. The Hall–Kier alpha value is -1.85. The van der Waals surface area contributed by atoms with Crippen molar-refractivity contribution in [2.45, 2.75) is 16.7 Å². The molecule has 0 radical (unpaired) electrons. The van der Waals surface area contributed by atoms with Crippen molar-refractivity contribution in [1.82, 2.24) is 0 Å². The lowest BCUT2D eigenvalue weighted by molar-refractivity contribution is -0.385. The summed E-state index contributed by atoms with van der Waals surface area (Å²) in [5.41, 5.74) is -0.0334. The lowest BCUT2D eigenvalue weighted by Crippen LogP contribution is -2.02. The van der Waals surface area contributed by atoms with Crippen molar-refractivity contribution in [3.8, 4) is 0 Å². The van der Waals surface area contributed by atoms with Crippen LogP contribution in [0.3, 0.4) is 0 Å². The van der Waals surface area contributed by atoms with Crippen LogP contribution in [0.5, 0.6) is 0 Å². The zero-order chi connectivity index (χ0) is 14.7. The molecule has 0 aliphatic heterocycles. The van der Waals surface area contributed by atoms with E-state index in [4.69, 9.17) is 11.6 Å². The fraction of sp³-hybridized carbons (Fsp3) is 0.0714. The SMILES string of the molecule is CC(=O)c1c(Sc2ccc(Cl)cc2)cccc1[N+](=O)[O-]. The normalized spacial score (nSPS) is 10.3. The molecule has 0 aromatic heterocycles. The molecule has 2 rings (SSSR count). The molecule has 0 bridgehead atoms. The lowest BCUT2D eigenvalue weighted by atomic mass is 10.1. The molecule has 0 amide bonds. The van der Waals surface area contributed by atoms with Crippen molar-refractivity contribution >= 4 is 34.8 Å². The van der Waals surface area contributed by atoms with Crippen LogP contribution in [0.1, 0.15) is 17.3 Å². The summed E-state index contributed by atoms with van der Waals surface area (Å²) in [7, 11) is 0. The van der Waals surface area contributed by atoms with Crippen LogP contribution < -0.4 is 0 Å². The van der Waals surface area contributed by atoms with E-state index in [1.54, 1.807) is 36.4 Å². The molecule has 102 valence electrons. The first-order chi connectivity index (χ1) is 9.49. The molecule has 2 aromatic rings. The second-order valence-electron chi connectivity index (χ2n) is 4.02. The van der Waals surface area contributed by atoms with Gasteiger partial charge in [0.25, 0.3) is 5.69 Å². The number of Topliss-reactive ketones (excluding diaryl/α,β-unsaturated/α-hetero) is 1. The molecule has 0 spiro atoms. The van der Waals surface area contributed by atoms with E-state index < -0.39 is 4.92 Å². The van der Waals surface area contributed by atoms with E-state index in [0.29, 0.717) is 9.92 Å². The van der Waals surface area contributed by atoms with Crippen molar-refractivity contribution in [3.05, 3.63) is 63.2 Å². The number of nitro groups is 1. The summed E-state index contributed by atoms with van der Waals surface area (Å²) in [4.78, 5) is 23.6. The van der Waals surface area contributed by atoms with Crippen LogP contribution in [0.15, 0.2) is 52.3 Å². The third-order valence-electron chi connectivity index (χ3n) is 2.59. The molecule has 0 aliphatic rings. The minimum Gasteiger partial charge on any atom is -0.294 e. The summed E-state index contributed by atoms with van der Waals surface area (Å²) in [6.07, 6.45) is 0. The summed E-state index contributed by atoms with van der Waals surface area (Å²) < 4.78 is 0. The average Bonchev–Trinajstić information content (AvgIpc) is 2.40. The maximum atomic E-state index is 11.7. The maximum Gasteiger partial charge on any atom is 0.281 e. The van der Waals surface area contributed by atoms with Gasteiger partial charge in [-0.1, -0.05) is 29.4 Å². The average molecular weight is 308 g/mol. The predicted molar refractivity (Wildman–Crippen MR) is 78.7 cm³/mol. The van der Waals surface area contributed by atoms with E-state index in [1.165, 1.54) is 24.8 Å². The van der Waals surface area contributed by atoms with Gasteiger partial charge in [0.1, 0.15) is 5.56 Å². The lowest BCUT2D eigenvalue weighted by Gasteiger charge is -2.07. The maximum absolute atomic E-state index is 11.7. The fourth-order valence-corrected chi connectivity index (χ4v) is 2.89. The molecule has 0 aliphatic carbocycles. The summed E-state index contributed by atoms with van der Waals surface area (Å²) in [5, 5.41) is 11.6. The van der Waals surface area contributed by atoms with Crippen molar-refractivity contribution in [3.63, 3.8) is 0 Å². The van der Waals surface area contributed by atoms with E-state index in [2.05, 4.69) is 0 Å². The highest BCUT2D eigenvalue weighted by molar-refractivity contribution is 7.99. The van der Waals surface area contributed by atoms with Gasteiger partial charge in [0, 0.05) is 20.9 Å². The van der Waals surface area contributed by atoms with Gasteiger partial charge in [-0.2, -0.15) is 0 Å². The van der Waals surface area contributed by atoms with E-state index in [0.717, 1.165) is 4.90 Å². The van der Waals surface area contributed by atoms with Crippen molar-refractivity contribution in [2.24, 2.45) is 0 Å². The Morgan fingerprint density at radius 3 is 2.40 bits per heavy atom. The smallest absolute Gasteiger partial charge is 0.281 e. The third kappa shape index (κ3) is 3.18. The van der Waals surface area contributed by atoms with E-state index in [1.807, 2.05) is 0 Å². The highest BCUT2D eigenvalue weighted by Gasteiger charge is 2.21. The second-order valence-corrected chi connectivity index (χ2v) is 5.57. The number of carbonyl (C=O) groups excluding carboxylic acids is 1. The van der Waals surface area contributed by atoms with Gasteiger partial charge in [-0.3, -0.25) is 14.9 Å². The van der Waals surface area contributed by atoms with Crippen LogP contribution in [0.25, 0.3) is 0 Å². The Kier molecular flexibility index (Phi) is 4.42. The van der Waals surface area contributed by atoms with Gasteiger partial charge in [0.15, 0.2) is 5.78 Å². The van der Waals surface area contributed by atoms with Gasteiger partial charge in [0.2, 0.25) is 0 Å². The minimum atomic E-state index is -0.539. The highest BCUT2D eigenvalue weighted by atomic mass is 35.5.